The molecule has 0 spiro atoms. The Morgan fingerprint density at radius 2 is 2.08 bits per heavy atom. The van der Waals surface area contributed by atoms with Crippen LogP contribution in [0.25, 0.3) is 0 Å². The van der Waals surface area contributed by atoms with Gasteiger partial charge in [-0.05, 0) is 6.07 Å². The van der Waals surface area contributed by atoms with E-state index in [9.17, 15) is 4.79 Å². The van der Waals surface area contributed by atoms with E-state index in [0.717, 1.165) is 0 Å². The van der Waals surface area contributed by atoms with Gasteiger partial charge in [0.1, 0.15) is 5.84 Å². The molecule has 3 nitrogen and oxygen atoms in total. The van der Waals surface area contributed by atoms with Crippen molar-refractivity contribution in [1.29, 1.82) is 5.41 Å². The maximum Gasteiger partial charge on any atom is 0.222 e. The first kappa shape index (κ1) is 8.46. The van der Waals surface area contributed by atoms with E-state index in [1.165, 1.54) is 6.92 Å². The molecule has 0 aliphatic heterocycles. The monoisotopic (exact) mass is 161 g/mol. The lowest BCUT2D eigenvalue weighted by Gasteiger charge is -2.02. The summed E-state index contributed by atoms with van der Waals surface area (Å²) in [5.41, 5.74) is 0.684. The molecule has 0 saturated carbocycles. The highest BCUT2D eigenvalue weighted by Gasteiger charge is 2.00. The van der Waals surface area contributed by atoms with Crippen LogP contribution in [0.4, 0.5) is 0 Å². The largest absolute Gasteiger partial charge is 0.311 e. The number of carbonyl (C=O) groups excluding carboxylic acids is 1. The molecule has 3 heteroatoms. The number of benzene rings is 1. The predicted molar refractivity (Wildman–Crippen MR) is 45.9 cm³/mol. The molecular formula is C9H9N2O. The first-order valence-electron chi connectivity index (χ1n) is 3.53. The number of carbonyl (C=O) groups is 1. The molecule has 1 aromatic rings. The second-order valence-corrected chi connectivity index (χ2v) is 2.34. The van der Waals surface area contributed by atoms with Gasteiger partial charge in [-0.1, -0.05) is 24.3 Å². The summed E-state index contributed by atoms with van der Waals surface area (Å²) in [6.45, 7) is 1.38. The summed E-state index contributed by atoms with van der Waals surface area (Å²) in [5.74, 6) is -0.107. The average Bonchev–Trinajstić information content (AvgIpc) is 2.05. The summed E-state index contributed by atoms with van der Waals surface area (Å²) in [5, 5.41) is 9.80. The molecule has 0 atom stereocenters. The third kappa shape index (κ3) is 2.20. The van der Waals surface area contributed by atoms with Crippen LogP contribution in [0.1, 0.15) is 12.5 Å². The average molecular weight is 161 g/mol. The smallest absolute Gasteiger partial charge is 0.222 e. The minimum atomic E-state index is -0.229. The Bertz CT molecular complexity index is 293. The second kappa shape index (κ2) is 3.67. The molecule has 0 fully saturated rings. The summed E-state index contributed by atoms with van der Waals surface area (Å²) in [4.78, 5) is 10.6. The number of nitrogens with one attached hydrogen (secondary N) is 2. The van der Waals surface area contributed by atoms with E-state index in [1.54, 1.807) is 24.3 Å². The molecule has 0 unspecified atom stereocenters. The molecule has 1 rings (SSSR count). The van der Waals surface area contributed by atoms with E-state index in [4.69, 9.17) is 5.41 Å². The molecule has 61 valence electrons. The SMILES string of the molecule is CC(=O)NC(=N)c1cc[c]cc1. The fraction of sp³-hybridized carbons (Fsp3) is 0.111. The topological polar surface area (TPSA) is 53.0 Å². The molecule has 1 amide bonds. The van der Waals surface area contributed by atoms with Gasteiger partial charge in [0.05, 0.1) is 0 Å². The Hall–Kier alpha value is -1.64. The fourth-order valence-electron chi connectivity index (χ4n) is 0.802. The van der Waals surface area contributed by atoms with Crippen LogP contribution in [0.15, 0.2) is 24.3 Å². The van der Waals surface area contributed by atoms with Gasteiger partial charge in [-0.2, -0.15) is 0 Å². The van der Waals surface area contributed by atoms with Crippen molar-refractivity contribution in [3.8, 4) is 0 Å². The molecule has 0 bridgehead atoms. The van der Waals surface area contributed by atoms with Crippen LogP contribution in [-0.2, 0) is 4.79 Å². The zero-order valence-corrected chi connectivity index (χ0v) is 6.72. The van der Waals surface area contributed by atoms with Gasteiger partial charge in [0.25, 0.3) is 0 Å². The Morgan fingerprint density at radius 3 is 2.58 bits per heavy atom. The summed E-state index contributed by atoms with van der Waals surface area (Å²) in [6, 6.07) is 9.67. The van der Waals surface area contributed by atoms with E-state index in [1.807, 2.05) is 0 Å². The van der Waals surface area contributed by atoms with Crippen LogP contribution in [-0.4, -0.2) is 11.7 Å². The van der Waals surface area contributed by atoms with Crippen molar-refractivity contribution in [2.75, 3.05) is 0 Å². The van der Waals surface area contributed by atoms with Gasteiger partial charge in [0.15, 0.2) is 0 Å². The lowest BCUT2D eigenvalue weighted by atomic mass is 10.2. The Kier molecular flexibility index (Phi) is 2.58. The van der Waals surface area contributed by atoms with Crippen molar-refractivity contribution in [3.63, 3.8) is 0 Å². The van der Waals surface area contributed by atoms with Gasteiger partial charge in [-0.15, -0.1) is 0 Å². The number of hydrogen-bond donors (Lipinski definition) is 2. The Labute approximate surface area is 70.9 Å². The quantitative estimate of drug-likeness (QED) is 0.467. The van der Waals surface area contributed by atoms with Crippen molar-refractivity contribution < 1.29 is 4.79 Å². The van der Waals surface area contributed by atoms with Crippen molar-refractivity contribution in [2.24, 2.45) is 0 Å². The number of rotatable bonds is 1. The minimum Gasteiger partial charge on any atom is -0.311 e. The third-order valence-electron chi connectivity index (χ3n) is 1.31. The molecule has 12 heavy (non-hydrogen) atoms. The highest BCUT2D eigenvalue weighted by molar-refractivity contribution is 6.05. The fourth-order valence-corrected chi connectivity index (χ4v) is 0.802. The Morgan fingerprint density at radius 1 is 1.50 bits per heavy atom. The highest BCUT2D eigenvalue weighted by Crippen LogP contribution is 1.96. The molecule has 0 saturated heterocycles. The van der Waals surface area contributed by atoms with Gasteiger partial charge in [0.2, 0.25) is 5.91 Å². The van der Waals surface area contributed by atoms with Crippen molar-refractivity contribution in [2.45, 2.75) is 6.92 Å². The van der Waals surface area contributed by atoms with E-state index in [2.05, 4.69) is 11.4 Å². The second-order valence-electron chi connectivity index (χ2n) is 2.34. The summed E-state index contributed by atoms with van der Waals surface area (Å²) < 4.78 is 0. The van der Waals surface area contributed by atoms with Crippen LogP contribution in [0.3, 0.4) is 0 Å². The zero-order valence-electron chi connectivity index (χ0n) is 6.72. The van der Waals surface area contributed by atoms with Crippen molar-refractivity contribution in [3.05, 3.63) is 35.9 Å². The standard InChI is InChI=1S/C9H9N2O/c1-7(12)11-9(10)8-5-3-2-4-6-8/h3-6H,1H3,(H2,10,11,12). The molecule has 0 aromatic heterocycles. The lowest BCUT2D eigenvalue weighted by Crippen LogP contribution is -2.27. The molecular weight excluding hydrogens is 152 g/mol. The maximum atomic E-state index is 10.6. The van der Waals surface area contributed by atoms with Gasteiger partial charge in [-0.3, -0.25) is 10.2 Å². The summed E-state index contributed by atoms with van der Waals surface area (Å²) >= 11 is 0. The van der Waals surface area contributed by atoms with Gasteiger partial charge < -0.3 is 5.32 Å². The normalized spacial score (nSPS) is 9.08. The number of amides is 1. The molecule has 2 N–H and O–H groups in total. The zero-order chi connectivity index (χ0) is 8.97. The van der Waals surface area contributed by atoms with E-state index in [0.29, 0.717) is 5.56 Å². The van der Waals surface area contributed by atoms with Crippen LogP contribution in [0.2, 0.25) is 0 Å². The number of hydrogen-bond acceptors (Lipinski definition) is 2. The number of amidine groups is 1. The molecule has 0 aliphatic carbocycles. The van der Waals surface area contributed by atoms with Gasteiger partial charge in [0, 0.05) is 12.5 Å². The van der Waals surface area contributed by atoms with Crippen LogP contribution < -0.4 is 5.32 Å². The molecule has 1 radical (unpaired) electrons. The molecule has 0 heterocycles. The van der Waals surface area contributed by atoms with E-state index < -0.39 is 0 Å². The summed E-state index contributed by atoms with van der Waals surface area (Å²) in [7, 11) is 0. The van der Waals surface area contributed by atoms with Crippen molar-refractivity contribution in [1.82, 2.24) is 5.32 Å². The van der Waals surface area contributed by atoms with Gasteiger partial charge in [-0.25, -0.2) is 0 Å². The lowest BCUT2D eigenvalue weighted by molar-refractivity contribution is -0.117. The molecule has 1 aromatic carbocycles. The van der Waals surface area contributed by atoms with Crippen molar-refractivity contribution >= 4 is 11.7 Å². The first-order chi connectivity index (χ1) is 5.70. The van der Waals surface area contributed by atoms with Crippen LogP contribution in [0, 0.1) is 11.5 Å². The highest BCUT2D eigenvalue weighted by atomic mass is 16.1. The predicted octanol–water partition coefficient (Wildman–Crippen LogP) is 0.948. The Balaban J connectivity index is 2.73. The van der Waals surface area contributed by atoms with E-state index in [-0.39, 0.29) is 11.7 Å². The summed E-state index contributed by atoms with van der Waals surface area (Å²) in [6.07, 6.45) is 0. The van der Waals surface area contributed by atoms with Gasteiger partial charge >= 0.3 is 0 Å². The minimum absolute atomic E-state index is 0.122. The maximum absolute atomic E-state index is 10.6. The van der Waals surface area contributed by atoms with Crippen LogP contribution >= 0.6 is 0 Å². The van der Waals surface area contributed by atoms with E-state index >= 15 is 0 Å². The third-order valence-corrected chi connectivity index (χ3v) is 1.31. The molecule has 0 aliphatic rings. The van der Waals surface area contributed by atoms with Crippen LogP contribution in [0.5, 0.6) is 0 Å². The first-order valence-corrected chi connectivity index (χ1v) is 3.53.